The minimum Gasteiger partial charge on any atom is -0.383 e. The van der Waals surface area contributed by atoms with Crippen LogP contribution in [0.4, 0.5) is 5.82 Å². The van der Waals surface area contributed by atoms with Crippen molar-refractivity contribution in [3.63, 3.8) is 0 Å². The summed E-state index contributed by atoms with van der Waals surface area (Å²) in [6.45, 7) is 4.39. The second-order valence-corrected chi connectivity index (χ2v) is 7.46. The second kappa shape index (κ2) is 7.95. The Morgan fingerprint density at radius 1 is 1.29 bits per heavy atom. The largest absolute Gasteiger partial charge is 0.383 e. The molecule has 0 amide bonds. The van der Waals surface area contributed by atoms with Gasteiger partial charge in [0.25, 0.3) is 0 Å². The minimum absolute atomic E-state index is 0.0619. The van der Waals surface area contributed by atoms with E-state index in [1.165, 1.54) is 6.33 Å². The SMILES string of the molecule is C=CCC(Cn1c(Br)c(-c2cnc3ccccc3c2)c2c(N)ncnc21)OP. The van der Waals surface area contributed by atoms with E-state index in [9.17, 15) is 0 Å². The minimum atomic E-state index is -0.0619. The molecule has 2 N–H and O–H groups in total. The van der Waals surface area contributed by atoms with Crippen molar-refractivity contribution in [3.05, 3.63) is 60.1 Å². The van der Waals surface area contributed by atoms with Crippen LogP contribution in [-0.2, 0) is 11.1 Å². The normalized spacial score (nSPS) is 12.5. The van der Waals surface area contributed by atoms with Crippen molar-refractivity contribution >= 4 is 53.2 Å². The molecule has 3 heterocycles. The van der Waals surface area contributed by atoms with Crippen LogP contribution in [0.1, 0.15) is 6.42 Å². The molecule has 0 aliphatic carbocycles. The van der Waals surface area contributed by atoms with E-state index in [-0.39, 0.29) is 6.10 Å². The van der Waals surface area contributed by atoms with E-state index in [0.717, 1.165) is 37.7 Å². The molecule has 3 aromatic heterocycles. The van der Waals surface area contributed by atoms with Crippen LogP contribution in [0.2, 0.25) is 0 Å². The molecule has 0 aliphatic rings. The summed E-state index contributed by atoms with van der Waals surface area (Å²) >= 11 is 3.76. The van der Waals surface area contributed by atoms with Gasteiger partial charge >= 0.3 is 0 Å². The number of nitrogen functional groups attached to an aromatic ring is 1. The Hall–Kier alpha value is -2.34. The van der Waals surface area contributed by atoms with Crippen molar-refractivity contribution in [2.75, 3.05) is 5.73 Å². The number of hydrogen-bond donors (Lipinski definition) is 1. The smallest absolute Gasteiger partial charge is 0.147 e. The fourth-order valence-electron chi connectivity index (χ4n) is 3.37. The highest BCUT2D eigenvalue weighted by molar-refractivity contribution is 9.10. The lowest BCUT2D eigenvalue weighted by atomic mass is 10.1. The highest BCUT2D eigenvalue weighted by Crippen LogP contribution is 2.40. The van der Waals surface area contributed by atoms with Crippen LogP contribution in [-0.4, -0.2) is 25.6 Å². The van der Waals surface area contributed by atoms with E-state index in [4.69, 9.17) is 10.3 Å². The Bertz CT molecular complexity index is 1180. The first kappa shape index (κ1) is 19.0. The van der Waals surface area contributed by atoms with E-state index in [1.807, 2.05) is 36.5 Å². The van der Waals surface area contributed by atoms with Crippen molar-refractivity contribution in [1.29, 1.82) is 0 Å². The molecular weight excluding hydrogens is 437 g/mol. The van der Waals surface area contributed by atoms with Crippen LogP contribution in [0, 0.1) is 0 Å². The summed E-state index contributed by atoms with van der Waals surface area (Å²) in [6.07, 6.45) is 5.82. The van der Waals surface area contributed by atoms with Crippen molar-refractivity contribution in [3.8, 4) is 11.1 Å². The number of aromatic nitrogens is 4. The topological polar surface area (TPSA) is 78.9 Å². The number of nitrogens with zero attached hydrogens (tertiary/aromatic N) is 4. The third kappa shape index (κ3) is 3.30. The summed E-state index contributed by atoms with van der Waals surface area (Å²) in [7, 11) is 2.33. The van der Waals surface area contributed by atoms with Crippen molar-refractivity contribution in [2.45, 2.75) is 19.1 Å². The molecule has 0 saturated carbocycles. The van der Waals surface area contributed by atoms with Gasteiger partial charge in [-0.3, -0.25) is 4.98 Å². The van der Waals surface area contributed by atoms with Crippen LogP contribution in [0.15, 0.2) is 60.1 Å². The molecule has 2 atom stereocenters. The molecule has 0 radical (unpaired) electrons. The first-order chi connectivity index (χ1) is 13.6. The van der Waals surface area contributed by atoms with Gasteiger partial charge in [-0.05, 0) is 34.5 Å². The molecule has 1 aromatic carbocycles. The number of nitrogens with two attached hydrogens (primary N) is 1. The highest BCUT2D eigenvalue weighted by Gasteiger charge is 2.22. The van der Waals surface area contributed by atoms with E-state index in [1.54, 1.807) is 0 Å². The maximum absolute atomic E-state index is 6.25. The maximum atomic E-state index is 6.25. The van der Waals surface area contributed by atoms with Gasteiger partial charge in [0.05, 0.1) is 28.2 Å². The van der Waals surface area contributed by atoms with Gasteiger partial charge in [-0.15, -0.1) is 6.58 Å². The molecule has 0 saturated heterocycles. The average molecular weight is 456 g/mol. The Labute approximate surface area is 173 Å². The maximum Gasteiger partial charge on any atom is 0.147 e. The van der Waals surface area contributed by atoms with Gasteiger partial charge in [-0.2, -0.15) is 0 Å². The van der Waals surface area contributed by atoms with Gasteiger partial charge in [0.1, 0.15) is 17.8 Å². The second-order valence-electron chi connectivity index (χ2n) is 6.43. The molecule has 142 valence electrons. The number of halogens is 1. The Balaban J connectivity index is 1.94. The number of benzene rings is 1. The van der Waals surface area contributed by atoms with Crippen LogP contribution in [0.25, 0.3) is 33.1 Å². The molecule has 0 bridgehead atoms. The van der Waals surface area contributed by atoms with E-state index >= 15 is 0 Å². The average Bonchev–Trinajstić information content (AvgIpc) is 3.00. The zero-order chi connectivity index (χ0) is 19.7. The zero-order valence-corrected chi connectivity index (χ0v) is 17.8. The van der Waals surface area contributed by atoms with Crippen molar-refractivity contribution < 1.29 is 4.52 Å². The summed E-state index contributed by atoms with van der Waals surface area (Å²) in [6, 6.07) is 10.1. The van der Waals surface area contributed by atoms with Gasteiger partial charge in [0.2, 0.25) is 0 Å². The lowest BCUT2D eigenvalue weighted by Crippen LogP contribution is -2.16. The Morgan fingerprint density at radius 2 is 2.11 bits per heavy atom. The number of anilines is 1. The first-order valence-corrected chi connectivity index (χ1v) is 10.00. The van der Waals surface area contributed by atoms with Gasteiger partial charge in [0, 0.05) is 32.2 Å². The Kier molecular flexibility index (Phi) is 5.40. The standard InChI is InChI=1S/C20H19BrN5OP/c1-2-5-14(27-28)10-26-18(21)16(17-19(22)24-11-25-20(17)26)13-8-12-6-3-4-7-15(12)23-9-13/h2-4,6-9,11,14H,1,5,10,28H2,(H2,22,24,25). The summed E-state index contributed by atoms with van der Waals surface area (Å²) in [5.74, 6) is 0.430. The first-order valence-electron chi connectivity index (χ1n) is 8.73. The van der Waals surface area contributed by atoms with Crippen molar-refractivity contribution in [2.24, 2.45) is 0 Å². The monoisotopic (exact) mass is 455 g/mol. The van der Waals surface area contributed by atoms with Gasteiger partial charge in [-0.25, -0.2) is 9.97 Å². The Morgan fingerprint density at radius 3 is 2.89 bits per heavy atom. The molecule has 4 aromatic rings. The molecule has 0 fully saturated rings. The lowest BCUT2D eigenvalue weighted by molar-refractivity contribution is 0.218. The molecule has 0 spiro atoms. The van der Waals surface area contributed by atoms with Crippen LogP contribution < -0.4 is 5.73 Å². The van der Waals surface area contributed by atoms with Gasteiger partial charge < -0.3 is 14.8 Å². The zero-order valence-electron chi connectivity index (χ0n) is 15.0. The molecule has 6 nitrogen and oxygen atoms in total. The van der Waals surface area contributed by atoms with Crippen LogP contribution >= 0.6 is 25.4 Å². The van der Waals surface area contributed by atoms with Crippen LogP contribution in [0.3, 0.4) is 0 Å². The molecule has 8 heteroatoms. The van der Waals surface area contributed by atoms with E-state index < -0.39 is 0 Å². The fourth-order valence-corrected chi connectivity index (χ4v) is 4.30. The number of rotatable bonds is 6. The number of para-hydroxylation sites is 1. The van der Waals surface area contributed by atoms with E-state index in [0.29, 0.717) is 18.8 Å². The summed E-state index contributed by atoms with van der Waals surface area (Å²) in [4.78, 5) is 13.3. The number of hydrogen-bond acceptors (Lipinski definition) is 5. The quantitative estimate of drug-likeness (QED) is 0.335. The van der Waals surface area contributed by atoms with Gasteiger partial charge in [0.15, 0.2) is 0 Å². The van der Waals surface area contributed by atoms with Crippen molar-refractivity contribution in [1.82, 2.24) is 19.5 Å². The molecule has 2 unspecified atom stereocenters. The number of fused-ring (bicyclic) bond motifs is 2. The predicted octanol–water partition coefficient (Wildman–Crippen LogP) is 4.74. The summed E-state index contributed by atoms with van der Waals surface area (Å²) in [5, 5.41) is 1.86. The van der Waals surface area contributed by atoms with Crippen LogP contribution in [0.5, 0.6) is 0 Å². The third-order valence-electron chi connectivity index (χ3n) is 4.69. The molecule has 4 rings (SSSR count). The van der Waals surface area contributed by atoms with E-state index in [2.05, 4.69) is 57.6 Å². The van der Waals surface area contributed by atoms with Gasteiger partial charge in [-0.1, -0.05) is 24.3 Å². The molecule has 28 heavy (non-hydrogen) atoms. The summed E-state index contributed by atoms with van der Waals surface area (Å²) < 4.78 is 8.43. The third-order valence-corrected chi connectivity index (χ3v) is 5.90. The number of pyridine rings is 1. The fraction of sp³-hybridized carbons (Fsp3) is 0.150. The lowest BCUT2D eigenvalue weighted by Gasteiger charge is -2.15. The molecular formula is C20H19BrN5OP. The highest BCUT2D eigenvalue weighted by atomic mass is 79.9. The predicted molar refractivity (Wildman–Crippen MR) is 120 cm³/mol. The summed E-state index contributed by atoms with van der Waals surface area (Å²) in [5.41, 5.74) is 9.82. The molecule has 0 aliphatic heterocycles.